The summed E-state index contributed by atoms with van der Waals surface area (Å²) in [7, 11) is 0. The highest BCUT2D eigenvalue weighted by atomic mass is 32.1. The maximum absolute atomic E-state index is 13.7. The molecule has 84 valence electrons. The van der Waals surface area contributed by atoms with E-state index in [2.05, 4.69) is 23.7 Å². The van der Waals surface area contributed by atoms with Gasteiger partial charge < -0.3 is 5.32 Å². The Morgan fingerprint density at radius 3 is 2.69 bits per heavy atom. The number of anilines is 1. The molecule has 1 heterocycles. The summed E-state index contributed by atoms with van der Waals surface area (Å²) in [6.07, 6.45) is 0. The monoisotopic (exact) mass is 235 g/mol. The van der Waals surface area contributed by atoms with Crippen molar-refractivity contribution in [3.63, 3.8) is 0 Å². The van der Waals surface area contributed by atoms with Crippen molar-refractivity contribution in [2.75, 3.05) is 5.32 Å². The summed E-state index contributed by atoms with van der Waals surface area (Å²) >= 11 is 1.69. The summed E-state index contributed by atoms with van der Waals surface area (Å²) in [6, 6.07) is 7.48. The number of thiophene rings is 1. The number of nitrogens with one attached hydrogen (secondary N) is 1. The second kappa shape index (κ2) is 4.66. The van der Waals surface area contributed by atoms with Crippen molar-refractivity contribution in [3.8, 4) is 0 Å². The van der Waals surface area contributed by atoms with Gasteiger partial charge in [-0.3, -0.25) is 0 Å². The van der Waals surface area contributed by atoms with E-state index < -0.39 is 0 Å². The predicted molar refractivity (Wildman–Crippen MR) is 67.5 cm³/mol. The van der Waals surface area contributed by atoms with Gasteiger partial charge in [0.2, 0.25) is 0 Å². The van der Waals surface area contributed by atoms with E-state index in [0.717, 1.165) is 0 Å². The zero-order chi connectivity index (χ0) is 11.5. The standard InChI is InChI=1S/C13H14FNS/c1-9-6-7-16-12(9)8-15-11-5-3-4-10(2)13(11)14/h3-7,15H,8H2,1-2H3. The van der Waals surface area contributed by atoms with Crippen molar-refractivity contribution in [1.82, 2.24) is 0 Å². The Morgan fingerprint density at radius 1 is 1.19 bits per heavy atom. The van der Waals surface area contributed by atoms with Crippen LogP contribution in [0.5, 0.6) is 0 Å². The van der Waals surface area contributed by atoms with Crippen molar-refractivity contribution < 1.29 is 4.39 Å². The third kappa shape index (κ3) is 2.25. The van der Waals surface area contributed by atoms with Crippen LogP contribution in [0.2, 0.25) is 0 Å². The molecule has 2 rings (SSSR count). The lowest BCUT2D eigenvalue weighted by Crippen LogP contribution is -2.01. The molecule has 0 bridgehead atoms. The fourth-order valence-corrected chi connectivity index (χ4v) is 2.39. The van der Waals surface area contributed by atoms with Crippen LogP contribution in [0.1, 0.15) is 16.0 Å². The molecule has 2 aromatic rings. The number of aryl methyl sites for hydroxylation is 2. The molecule has 0 aliphatic carbocycles. The van der Waals surface area contributed by atoms with Crippen molar-refractivity contribution in [1.29, 1.82) is 0 Å². The van der Waals surface area contributed by atoms with Crippen LogP contribution in [0.4, 0.5) is 10.1 Å². The first kappa shape index (κ1) is 11.1. The zero-order valence-electron chi connectivity index (χ0n) is 9.38. The summed E-state index contributed by atoms with van der Waals surface area (Å²) in [5, 5.41) is 5.19. The first-order valence-electron chi connectivity index (χ1n) is 5.20. The van der Waals surface area contributed by atoms with Gasteiger partial charge in [0.05, 0.1) is 5.69 Å². The molecule has 0 aliphatic heterocycles. The Balaban J connectivity index is 2.11. The van der Waals surface area contributed by atoms with Crippen LogP contribution in [0.3, 0.4) is 0 Å². The van der Waals surface area contributed by atoms with Gasteiger partial charge in [-0.2, -0.15) is 0 Å². The van der Waals surface area contributed by atoms with E-state index in [1.165, 1.54) is 10.4 Å². The topological polar surface area (TPSA) is 12.0 Å². The van der Waals surface area contributed by atoms with Gasteiger partial charge in [-0.1, -0.05) is 12.1 Å². The molecule has 1 aromatic heterocycles. The van der Waals surface area contributed by atoms with Gasteiger partial charge in [-0.05, 0) is 42.5 Å². The van der Waals surface area contributed by atoms with E-state index in [0.29, 0.717) is 17.8 Å². The van der Waals surface area contributed by atoms with Gasteiger partial charge in [0.25, 0.3) is 0 Å². The molecular weight excluding hydrogens is 221 g/mol. The quantitative estimate of drug-likeness (QED) is 0.844. The third-order valence-electron chi connectivity index (χ3n) is 2.60. The summed E-state index contributed by atoms with van der Waals surface area (Å²) in [6.45, 7) is 4.53. The lowest BCUT2D eigenvalue weighted by atomic mass is 10.2. The Kier molecular flexibility index (Phi) is 3.25. The molecule has 0 radical (unpaired) electrons. The minimum absolute atomic E-state index is 0.156. The fourth-order valence-electron chi connectivity index (χ4n) is 1.54. The van der Waals surface area contributed by atoms with E-state index in [-0.39, 0.29) is 5.82 Å². The maximum atomic E-state index is 13.7. The molecular formula is C13H14FNS. The van der Waals surface area contributed by atoms with Gasteiger partial charge in [-0.25, -0.2) is 4.39 Å². The molecule has 0 aliphatic rings. The molecule has 0 saturated heterocycles. The zero-order valence-corrected chi connectivity index (χ0v) is 10.2. The fraction of sp³-hybridized carbons (Fsp3) is 0.231. The number of hydrogen-bond donors (Lipinski definition) is 1. The molecule has 16 heavy (non-hydrogen) atoms. The SMILES string of the molecule is Cc1ccsc1CNc1cccc(C)c1F. The summed E-state index contributed by atoms with van der Waals surface area (Å²) in [4.78, 5) is 1.25. The van der Waals surface area contributed by atoms with Gasteiger partial charge in [0.1, 0.15) is 5.82 Å². The summed E-state index contributed by atoms with van der Waals surface area (Å²) in [5.74, 6) is -0.156. The largest absolute Gasteiger partial charge is 0.378 e. The number of hydrogen-bond acceptors (Lipinski definition) is 2. The van der Waals surface area contributed by atoms with E-state index >= 15 is 0 Å². The van der Waals surface area contributed by atoms with Gasteiger partial charge in [0, 0.05) is 11.4 Å². The number of rotatable bonds is 3. The minimum Gasteiger partial charge on any atom is -0.378 e. The Bertz CT molecular complexity index is 490. The maximum Gasteiger partial charge on any atom is 0.149 e. The van der Waals surface area contributed by atoms with Crippen LogP contribution in [0.25, 0.3) is 0 Å². The van der Waals surface area contributed by atoms with Gasteiger partial charge in [-0.15, -0.1) is 11.3 Å². The first-order chi connectivity index (χ1) is 7.68. The van der Waals surface area contributed by atoms with Crippen LogP contribution in [-0.2, 0) is 6.54 Å². The second-order valence-electron chi connectivity index (χ2n) is 3.82. The lowest BCUT2D eigenvalue weighted by Gasteiger charge is -2.08. The highest BCUT2D eigenvalue weighted by molar-refractivity contribution is 7.10. The molecule has 0 unspecified atom stereocenters. The average Bonchev–Trinajstić information content (AvgIpc) is 2.67. The molecule has 0 atom stereocenters. The van der Waals surface area contributed by atoms with Gasteiger partial charge >= 0.3 is 0 Å². The molecule has 0 spiro atoms. The van der Waals surface area contributed by atoms with Crippen LogP contribution < -0.4 is 5.32 Å². The number of halogens is 1. The van der Waals surface area contributed by atoms with E-state index in [4.69, 9.17) is 0 Å². The highest BCUT2D eigenvalue weighted by Crippen LogP contribution is 2.20. The van der Waals surface area contributed by atoms with E-state index in [1.807, 2.05) is 6.07 Å². The van der Waals surface area contributed by atoms with Gasteiger partial charge in [0.15, 0.2) is 0 Å². The van der Waals surface area contributed by atoms with Crippen molar-refractivity contribution in [2.24, 2.45) is 0 Å². The van der Waals surface area contributed by atoms with Crippen LogP contribution in [0.15, 0.2) is 29.6 Å². The van der Waals surface area contributed by atoms with E-state index in [1.54, 1.807) is 30.4 Å². The molecule has 0 saturated carbocycles. The Morgan fingerprint density at radius 2 is 2.00 bits per heavy atom. The summed E-state index contributed by atoms with van der Waals surface area (Å²) < 4.78 is 13.7. The smallest absolute Gasteiger partial charge is 0.149 e. The Labute approximate surface area is 98.9 Å². The predicted octanol–water partition coefficient (Wildman–Crippen LogP) is 4.12. The molecule has 1 nitrogen and oxygen atoms in total. The van der Waals surface area contributed by atoms with Crippen molar-refractivity contribution >= 4 is 17.0 Å². The Hall–Kier alpha value is -1.35. The lowest BCUT2D eigenvalue weighted by molar-refractivity contribution is 0.621. The van der Waals surface area contributed by atoms with Crippen molar-refractivity contribution in [3.05, 3.63) is 51.5 Å². The van der Waals surface area contributed by atoms with Crippen molar-refractivity contribution in [2.45, 2.75) is 20.4 Å². The molecule has 3 heteroatoms. The van der Waals surface area contributed by atoms with Crippen LogP contribution in [0, 0.1) is 19.7 Å². The normalized spacial score (nSPS) is 10.4. The minimum atomic E-state index is -0.156. The second-order valence-corrected chi connectivity index (χ2v) is 4.82. The summed E-state index contributed by atoms with van der Waals surface area (Å²) in [5.41, 5.74) is 2.51. The highest BCUT2D eigenvalue weighted by Gasteiger charge is 2.05. The van der Waals surface area contributed by atoms with Crippen LogP contribution in [-0.4, -0.2) is 0 Å². The first-order valence-corrected chi connectivity index (χ1v) is 6.08. The van der Waals surface area contributed by atoms with Crippen LogP contribution >= 0.6 is 11.3 Å². The molecule has 0 fully saturated rings. The third-order valence-corrected chi connectivity index (χ3v) is 3.62. The van der Waals surface area contributed by atoms with E-state index in [9.17, 15) is 4.39 Å². The average molecular weight is 235 g/mol. The molecule has 0 amide bonds. The molecule has 1 N–H and O–H groups in total. The number of benzene rings is 1. The molecule has 1 aromatic carbocycles.